The van der Waals surface area contributed by atoms with Crippen LogP contribution >= 0.6 is 0 Å². The molecule has 0 saturated heterocycles. The Hall–Kier alpha value is -2.04. The number of esters is 1. The lowest BCUT2D eigenvalue weighted by molar-refractivity contribution is -0.116. The molecule has 1 aromatic carbocycles. The average molecular weight is 293 g/mol. The van der Waals surface area contributed by atoms with Crippen molar-refractivity contribution in [2.45, 2.75) is 34.1 Å². The van der Waals surface area contributed by atoms with Crippen LogP contribution in [0.5, 0.6) is 5.75 Å². The Labute approximate surface area is 125 Å². The van der Waals surface area contributed by atoms with Gasteiger partial charge in [0.05, 0.1) is 24.5 Å². The number of nitrogens with one attached hydrogen (secondary N) is 1. The van der Waals surface area contributed by atoms with Gasteiger partial charge in [0.2, 0.25) is 5.91 Å². The Balaban J connectivity index is 2.93. The number of anilines is 1. The van der Waals surface area contributed by atoms with Gasteiger partial charge in [-0.15, -0.1) is 0 Å². The SMILES string of the molecule is CCOC(=O)c1ccc(NC(=O)CC(C)C)c(OCC)c1. The quantitative estimate of drug-likeness (QED) is 0.784. The van der Waals surface area contributed by atoms with Gasteiger partial charge in [0.15, 0.2) is 0 Å². The van der Waals surface area contributed by atoms with Crippen LogP contribution in [0.2, 0.25) is 0 Å². The number of hydrogen-bond acceptors (Lipinski definition) is 4. The van der Waals surface area contributed by atoms with Crippen LogP contribution in [0.15, 0.2) is 18.2 Å². The third kappa shape index (κ3) is 5.45. The Kier molecular flexibility index (Phi) is 6.72. The molecule has 116 valence electrons. The third-order valence-corrected chi connectivity index (χ3v) is 2.66. The standard InChI is InChI=1S/C16H23NO4/c1-5-20-14-10-12(16(19)21-6-2)7-8-13(14)17-15(18)9-11(3)4/h7-8,10-11H,5-6,9H2,1-4H3,(H,17,18). The van der Waals surface area contributed by atoms with Crippen LogP contribution < -0.4 is 10.1 Å². The molecule has 1 aromatic rings. The highest BCUT2D eigenvalue weighted by Gasteiger charge is 2.13. The van der Waals surface area contributed by atoms with E-state index in [1.165, 1.54) is 0 Å². The summed E-state index contributed by atoms with van der Waals surface area (Å²) in [6.07, 6.45) is 0.436. The van der Waals surface area contributed by atoms with Crippen molar-refractivity contribution >= 4 is 17.6 Å². The van der Waals surface area contributed by atoms with Crippen LogP contribution in [-0.4, -0.2) is 25.1 Å². The van der Waals surface area contributed by atoms with Gasteiger partial charge in [-0.2, -0.15) is 0 Å². The number of carbonyl (C=O) groups excluding carboxylic acids is 2. The highest BCUT2D eigenvalue weighted by molar-refractivity contribution is 5.95. The van der Waals surface area contributed by atoms with Crippen LogP contribution in [0.25, 0.3) is 0 Å². The van der Waals surface area contributed by atoms with Gasteiger partial charge in [-0.25, -0.2) is 4.79 Å². The molecule has 21 heavy (non-hydrogen) atoms. The first-order chi connectivity index (χ1) is 9.97. The van der Waals surface area contributed by atoms with E-state index in [2.05, 4.69) is 5.32 Å². The molecule has 5 nitrogen and oxygen atoms in total. The lowest BCUT2D eigenvalue weighted by Gasteiger charge is -2.13. The predicted octanol–water partition coefficient (Wildman–Crippen LogP) is 3.25. The van der Waals surface area contributed by atoms with E-state index in [1.807, 2.05) is 20.8 Å². The van der Waals surface area contributed by atoms with Crippen LogP contribution in [0, 0.1) is 5.92 Å². The maximum atomic E-state index is 11.8. The number of rotatable bonds is 7. The molecule has 0 aliphatic heterocycles. The van der Waals surface area contributed by atoms with Crippen molar-refractivity contribution in [3.63, 3.8) is 0 Å². The van der Waals surface area contributed by atoms with Gasteiger partial charge < -0.3 is 14.8 Å². The van der Waals surface area contributed by atoms with Crippen molar-refractivity contribution in [3.05, 3.63) is 23.8 Å². The van der Waals surface area contributed by atoms with Crippen LogP contribution in [-0.2, 0) is 9.53 Å². The lowest BCUT2D eigenvalue weighted by atomic mass is 10.1. The normalized spacial score (nSPS) is 10.3. The molecule has 5 heteroatoms. The first kappa shape index (κ1) is 17.0. The van der Waals surface area contributed by atoms with E-state index in [-0.39, 0.29) is 11.8 Å². The number of benzene rings is 1. The smallest absolute Gasteiger partial charge is 0.338 e. The summed E-state index contributed by atoms with van der Waals surface area (Å²) < 4.78 is 10.4. The molecule has 1 N–H and O–H groups in total. The highest BCUT2D eigenvalue weighted by Crippen LogP contribution is 2.27. The van der Waals surface area contributed by atoms with E-state index in [0.717, 1.165) is 0 Å². The number of hydrogen-bond donors (Lipinski definition) is 1. The zero-order valence-corrected chi connectivity index (χ0v) is 13.1. The minimum absolute atomic E-state index is 0.0742. The fraction of sp³-hybridized carbons (Fsp3) is 0.500. The van der Waals surface area contributed by atoms with Gasteiger partial charge in [-0.05, 0) is 38.0 Å². The molecule has 0 bridgehead atoms. The molecule has 0 fully saturated rings. The number of amides is 1. The predicted molar refractivity (Wildman–Crippen MR) is 81.7 cm³/mol. The third-order valence-electron chi connectivity index (χ3n) is 2.66. The highest BCUT2D eigenvalue weighted by atomic mass is 16.5. The summed E-state index contributed by atoms with van der Waals surface area (Å²) in [4.78, 5) is 23.6. The van der Waals surface area contributed by atoms with E-state index < -0.39 is 5.97 Å². The molecule has 0 atom stereocenters. The van der Waals surface area contributed by atoms with Gasteiger partial charge in [-0.3, -0.25) is 4.79 Å². The molecule has 1 amide bonds. The van der Waals surface area contributed by atoms with Crippen molar-refractivity contribution in [2.24, 2.45) is 5.92 Å². The minimum atomic E-state index is -0.404. The van der Waals surface area contributed by atoms with Crippen LogP contribution in [0.1, 0.15) is 44.5 Å². The topological polar surface area (TPSA) is 64.6 Å². The van der Waals surface area contributed by atoms with Gasteiger partial charge in [0.25, 0.3) is 0 Å². The summed E-state index contributed by atoms with van der Waals surface area (Å²) in [5, 5.41) is 2.81. The summed E-state index contributed by atoms with van der Waals surface area (Å²) in [6, 6.07) is 4.87. The van der Waals surface area contributed by atoms with E-state index in [0.29, 0.717) is 36.6 Å². The van der Waals surface area contributed by atoms with Gasteiger partial charge in [0, 0.05) is 6.42 Å². The summed E-state index contributed by atoms with van der Waals surface area (Å²) in [5.41, 5.74) is 0.970. The van der Waals surface area contributed by atoms with E-state index in [1.54, 1.807) is 25.1 Å². The van der Waals surface area contributed by atoms with Gasteiger partial charge >= 0.3 is 5.97 Å². The second-order valence-corrected chi connectivity index (χ2v) is 5.01. The molecule has 0 aliphatic rings. The van der Waals surface area contributed by atoms with Crippen molar-refractivity contribution < 1.29 is 19.1 Å². The molecular weight excluding hydrogens is 270 g/mol. The average Bonchev–Trinajstić information content (AvgIpc) is 2.40. The fourth-order valence-electron chi connectivity index (χ4n) is 1.81. The van der Waals surface area contributed by atoms with Crippen molar-refractivity contribution in [1.29, 1.82) is 0 Å². The van der Waals surface area contributed by atoms with E-state index >= 15 is 0 Å². The van der Waals surface area contributed by atoms with E-state index in [4.69, 9.17) is 9.47 Å². The summed E-state index contributed by atoms with van der Waals surface area (Å²) in [6.45, 7) is 8.31. The zero-order valence-electron chi connectivity index (χ0n) is 13.1. The monoisotopic (exact) mass is 293 g/mol. The molecule has 0 spiro atoms. The van der Waals surface area contributed by atoms with Crippen molar-refractivity contribution in [3.8, 4) is 5.75 Å². The molecule has 0 radical (unpaired) electrons. The van der Waals surface area contributed by atoms with Gasteiger partial charge in [0.1, 0.15) is 5.75 Å². The Morgan fingerprint density at radius 3 is 2.48 bits per heavy atom. The second kappa shape index (κ2) is 8.29. The second-order valence-electron chi connectivity index (χ2n) is 5.01. The van der Waals surface area contributed by atoms with Crippen LogP contribution in [0.3, 0.4) is 0 Å². The summed E-state index contributed by atoms with van der Waals surface area (Å²) in [5.74, 6) is 0.271. The maximum Gasteiger partial charge on any atom is 0.338 e. The minimum Gasteiger partial charge on any atom is -0.492 e. The molecule has 0 unspecified atom stereocenters. The van der Waals surface area contributed by atoms with E-state index in [9.17, 15) is 9.59 Å². The van der Waals surface area contributed by atoms with Crippen molar-refractivity contribution in [1.82, 2.24) is 0 Å². The number of carbonyl (C=O) groups is 2. The summed E-state index contributed by atoms with van der Waals surface area (Å²) >= 11 is 0. The van der Waals surface area contributed by atoms with Crippen molar-refractivity contribution in [2.75, 3.05) is 18.5 Å². The fourth-order valence-corrected chi connectivity index (χ4v) is 1.81. The first-order valence-corrected chi connectivity index (χ1v) is 7.21. The lowest BCUT2D eigenvalue weighted by Crippen LogP contribution is -2.15. The Morgan fingerprint density at radius 2 is 1.90 bits per heavy atom. The van der Waals surface area contributed by atoms with Gasteiger partial charge in [-0.1, -0.05) is 13.8 Å². The Bertz CT molecular complexity index is 497. The molecule has 0 heterocycles. The Morgan fingerprint density at radius 1 is 1.19 bits per heavy atom. The maximum absolute atomic E-state index is 11.8. The molecule has 1 rings (SSSR count). The number of ether oxygens (including phenoxy) is 2. The molecule has 0 aromatic heterocycles. The first-order valence-electron chi connectivity index (χ1n) is 7.21. The largest absolute Gasteiger partial charge is 0.492 e. The molecule has 0 aliphatic carbocycles. The van der Waals surface area contributed by atoms with Crippen LogP contribution in [0.4, 0.5) is 5.69 Å². The zero-order chi connectivity index (χ0) is 15.8. The molecular formula is C16H23NO4. The molecule has 0 saturated carbocycles. The summed E-state index contributed by atoms with van der Waals surface area (Å²) in [7, 11) is 0.